The van der Waals surface area contributed by atoms with Crippen molar-refractivity contribution in [3.8, 4) is 0 Å². The molecule has 2 heterocycles. The van der Waals surface area contributed by atoms with Crippen LogP contribution in [0.15, 0.2) is 41.6 Å². The first-order valence-electron chi connectivity index (χ1n) is 8.14. The zero-order chi connectivity index (χ0) is 18.7. The molecule has 9 heteroatoms. The van der Waals surface area contributed by atoms with Crippen LogP contribution in [-0.4, -0.2) is 45.7 Å². The molecule has 3 rings (SSSR count). The first kappa shape index (κ1) is 18.8. The zero-order valence-electron chi connectivity index (χ0n) is 14.2. The summed E-state index contributed by atoms with van der Waals surface area (Å²) in [6.45, 7) is 1.82. The van der Waals surface area contributed by atoms with Crippen molar-refractivity contribution in [3.05, 3.63) is 48.0 Å². The molecular weight excluding hydrogens is 365 g/mol. The Kier molecular flexibility index (Phi) is 5.57. The largest absolute Gasteiger partial charge is 0.416 e. The molecule has 2 aromatic rings. The maximum Gasteiger partial charge on any atom is 0.416 e. The fourth-order valence-electron chi connectivity index (χ4n) is 2.92. The number of aromatic nitrogens is 2. The van der Waals surface area contributed by atoms with Crippen LogP contribution in [0.1, 0.15) is 17.4 Å². The second-order valence-electron chi connectivity index (χ2n) is 6.02. The predicted octanol–water partition coefficient (Wildman–Crippen LogP) is 2.70. The minimum absolute atomic E-state index is 0.0855. The third-order valence-electron chi connectivity index (χ3n) is 4.24. The van der Waals surface area contributed by atoms with Gasteiger partial charge in [0.1, 0.15) is 11.9 Å². The second-order valence-corrected chi connectivity index (χ2v) is 7.07. The van der Waals surface area contributed by atoms with E-state index in [0.717, 1.165) is 29.7 Å². The first-order chi connectivity index (χ1) is 12.4. The average molecular weight is 384 g/mol. The predicted molar refractivity (Wildman–Crippen MR) is 92.7 cm³/mol. The van der Waals surface area contributed by atoms with E-state index in [1.165, 1.54) is 6.07 Å². The van der Waals surface area contributed by atoms with Crippen molar-refractivity contribution >= 4 is 17.7 Å². The number of nitrogens with zero attached hydrogens (tertiary/aromatic N) is 3. The van der Waals surface area contributed by atoms with E-state index < -0.39 is 11.7 Å². The van der Waals surface area contributed by atoms with E-state index in [2.05, 4.69) is 10.3 Å². The van der Waals surface area contributed by atoms with Gasteiger partial charge in [-0.1, -0.05) is 6.07 Å². The lowest BCUT2D eigenvalue weighted by atomic mass is 10.1. The third-order valence-corrected chi connectivity index (χ3v) is 5.22. The van der Waals surface area contributed by atoms with Crippen molar-refractivity contribution in [1.29, 1.82) is 0 Å². The summed E-state index contributed by atoms with van der Waals surface area (Å²) in [6.07, 6.45) is -0.879. The van der Waals surface area contributed by atoms with E-state index in [4.69, 9.17) is 0 Å². The number of amides is 1. The van der Waals surface area contributed by atoms with Crippen LogP contribution in [0.2, 0.25) is 0 Å². The standard InChI is InChI=1S/C17H19F3N4OS/c1-23-7-6-22-16(23)14-10-21-5-8-24(14)15(25)11-26-13-4-2-3-12(9-13)17(18,19)20/h2-4,6-7,9,14,21H,5,8,10-11H2,1H3. The molecule has 0 radical (unpaired) electrons. The maximum atomic E-state index is 12.8. The molecule has 0 saturated carbocycles. The van der Waals surface area contributed by atoms with E-state index in [1.54, 1.807) is 17.2 Å². The summed E-state index contributed by atoms with van der Waals surface area (Å²) in [5.41, 5.74) is -0.706. The molecule has 0 spiro atoms. The Balaban J connectivity index is 1.68. The molecule has 1 aromatic heterocycles. The minimum atomic E-state index is -4.39. The smallest absolute Gasteiger partial charge is 0.336 e. The van der Waals surface area contributed by atoms with Gasteiger partial charge in [-0.05, 0) is 18.2 Å². The molecule has 1 aliphatic heterocycles. The lowest BCUT2D eigenvalue weighted by molar-refractivity contribution is -0.137. The summed E-state index contributed by atoms with van der Waals surface area (Å²) < 4.78 is 40.3. The third kappa shape index (κ3) is 4.21. The molecule has 0 aliphatic carbocycles. The van der Waals surface area contributed by atoms with Gasteiger partial charge < -0.3 is 14.8 Å². The number of rotatable bonds is 4. The van der Waals surface area contributed by atoms with Gasteiger partial charge >= 0.3 is 6.18 Å². The van der Waals surface area contributed by atoms with Gasteiger partial charge in [0.05, 0.1) is 11.3 Å². The van der Waals surface area contributed by atoms with Crippen molar-refractivity contribution in [2.24, 2.45) is 7.05 Å². The summed E-state index contributed by atoms with van der Waals surface area (Å²) in [5.74, 6) is 0.763. The lowest BCUT2D eigenvalue weighted by Crippen LogP contribution is -2.50. The van der Waals surface area contributed by atoms with Crippen LogP contribution < -0.4 is 5.32 Å². The minimum Gasteiger partial charge on any atom is -0.336 e. The number of hydrogen-bond acceptors (Lipinski definition) is 4. The number of thioether (sulfide) groups is 1. The van der Waals surface area contributed by atoms with Gasteiger partial charge in [-0.3, -0.25) is 4.79 Å². The number of carbonyl (C=O) groups is 1. The Morgan fingerprint density at radius 1 is 1.42 bits per heavy atom. The zero-order valence-corrected chi connectivity index (χ0v) is 15.0. The average Bonchev–Trinajstić information content (AvgIpc) is 3.05. The topological polar surface area (TPSA) is 50.2 Å². The van der Waals surface area contributed by atoms with E-state index in [1.807, 2.05) is 17.8 Å². The Morgan fingerprint density at radius 3 is 2.92 bits per heavy atom. The number of carbonyl (C=O) groups excluding carboxylic acids is 1. The second kappa shape index (κ2) is 7.71. The number of imidazole rings is 1. The summed E-state index contributed by atoms with van der Waals surface area (Å²) in [6, 6.07) is 4.86. The fourth-order valence-corrected chi connectivity index (χ4v) is 3.76. The Bertz CT molecular complexity index is 777. The van der Waals surface area contributed by atoms with Crippen molar-refractivity contribution < 1.29 is 18.0 Å². The van der Waals surface area contributed by atoms with Crippen molar-refractivity contribution in [1.82, 2.24) is 19.8 Å². The quantitative estimate of drug-likeness (QED) is 0.824. The number of halogens is 3. The molecule has 1 aromatic carbocycles. The molecular formula is C17H19F3N4OS. The van der Waals surface area contributed by atoms with Gasteiger partial charge in [0, 0.05) is 44.0 Å². The number of alkyl halides is 3. The van der Waals surface area contributed by atoms with Crippen LogP contribution in [0.4, 0.5) is 13.2 Å². The van der Waals surface area contributed by atoms with E-state index in [9.17, 15) is 18.0 Å². The normalized spacial score (nSPS) is 18.2. The molecule has 140 valence electrons. The highest BCUT2D eigenvalue weighted by molar-refractivity contribution is 8.00. The van der Waals surface area contributed by atoms with Gasteiger partial charge in [-0.2, -0.15) is 13.2 Å². The fraction of sp³-hybridized carbons (Fsp3) is 0.412. The van der Waals surface area contributed by atoms with E-state index in [0.29, 0.717) is 24.5 Å². The van der Waals surface area contributed by atoms with Crippen molar-refractivity contribution in [2.75, 3.05) is 25.4 Å². The Labute approximate surface area is 153 Å². The van der Waals surface area contributed by atoms with Crippen LogP contribution in [0.5, 0.6) is 0 Å². The SMILES string of the molecule is Cn1ccnc1C1CNCCN1C(=O)CSc1cccc(C(F)(F)F)c1. The maximum absolute atomic E-state index is 12.8. The van der Waals surface area contributed by atoms with Crippen LogP contribution in [0, 0.1) is 0 Å². The van der Waals surface area contributed by atoms with Crippen LogP contribution in [0.25, 0.3) is 0 Å². The molecule has 26 heavy (non-hydrogen) atoms. The van der Waals surface area contributed by atoms with Crippen LogP contribution in [-0.2, 0) is 18.0 Å². The highest BCUT2D eigenvalue weighted by atomic mass is 32.2. The number of hydrogen-bond donors (Lipinski definition) is 1. The van der Waals surface area contributed by atoms with E-state index >= 15 is 0 Å². The van der Waals surface area contributed by atoms with Gasteiger partial charge in [0.25, 0.3) is 0 Å². The molecule has 5 nitrogen and oxygen atoms in total. The van der Waals surface area contributed by atoms with Gasteiger partial charge in [-0.25, -0.2) is 4.98 Å². The van der Waals surface area contributed by atoms with Crippen LogP contribution >= 0.6 is 11.8 Å². The van der Waals surface area contributed by atoms with Gasteiger partial charge in [0.15, 0.2) is 0 Å². The highest BCUT2D eigenvalue weighted by Crippen LogP contribution is 2.32. The molecule has 1 unspecified atom stereocenters. The number of piperazine rings is 1. The highest BCUT2D eigenvalue weighted by Gasteiger charge is 2.32. The molecule has 1 amide bonds. The molecule has 1 aliphatic rings. The summed E-state index contributed by atoms with van der Waals surface area (Å²) in [7, 11) is 1.87. The monoisotopic (exact) mass is 384 g/mol. The summed E-state index contributed by atoms with van der Waals surface area (Å²) in [5, 5.41) is 3.25. The van der Waals surface area contributed by atoms with Crippen LogP contribution in [0.3, 0.4) is 0 Å². The van der Waals surface area contributed by atoms with Crippen molar-refractivity contribution in [2.45, 2.75) is 17.1 Å². The molecule has 1 N–H and O–H groups in total. The lowest BCUT2D eigenvalue weighted by Gasteiger charge is -2.35. The Hall–Kier alpha value is -2.00. The summed E-state index contributed by atoms with van der Waals surface area (Å²) in [4.78, 5) is 19.2. The van der Waals surface area contributed by atoms with Crippen molar-refractivity contribution in [3.63, 3.8) is 0 Å². The first-order valence-corrected chi connectivity index (χ1v) is 9.12. The number of aryl methyl sites for hydroxylation is 1. The molecule has 0 bridgehead atoms. The van der Waals surface area contributed by atoms with Gasteiger partial charge in [-0.15, -0.1) is 11.8 Å². The van der Waals surface area contributed by atoms with Gasteiger partial charge in [0.2, 0.25) is 5.91 Å². The molecule has 1 fully saturated rings. The number of nitrogens with one attached hydrogen (secondary N) is 1. The van der Waals surface area contributed by atoms with E-state index in [-0.39, 0.29) is 17.7 Å². The molecule has 1 atom stereocenters. The molecule has 1 saturated heterocycles. The number of benzene rings is 1. The summed E-state index contributed by atoms with van der Waals surface area (Å²) >= 11 is 1.12. The Morgan fingerprint density at radius 2 is 2.23 bits per heavy atom.